The standard InChI is InChI=1S/C15H11BrF3NO/c16-9-3-7-1-2-21-15(7)10(6-9)14(20)8-4-11(17)13(19)12(18)5-8/h3-6,14H,1-2,20H2. The molecule has 0 radical (unpaired) electrons. The number of fused-ring (bicyclic) bond motifs is 1. The van der Waals surface area contributed by atoms with Crippen molar-refractivity contribution in [3.63, 3.8) is 0 Å². The first kappa shape index (κ1) is 14.4. The first-order valence-corrected chi connectivity index (χ1v) is 7.12. The van der Waals surface area contributed by atoms with E-state index in [9.17, 15) is 13.2 Å². The first-order valence-electron chi connectivity index (χ1n) is 6.32. The molecule has 0 bridgehead atoms. The highest BCUT2D eigenvalue weighted by Gasteiger charge is 2.24. The minimum atomic E-state index is -1.50. The Hall–Kier alpha value is -1.53. The van der Waals surface area contributed by atoms with Crippen LogP contribution in [0.5, 0.6) is 5.75 Å². The van der Waals surface area contributed by atoms with Crippen LogP contribution < -0.4 is 10.5 Å². The molecule has 2 aromatic carbocycles. The third-order valence-corrected chi connectivity index (χ3v) is 3.94. The molecule has 0 aliphatic carbocycles. The van der Waals surface area contributed by atoms with Gasteiger partial charge in [0.05, 0.1) is 12.6 Å². The van der Waals surface area contributed by atoms with Gasteiger partial charge in [-0.15, -0.1) is 0 Å². The molecule has 1 unspecified atom stereocenters. The van der Waals surface area contributed by atoms with Crippen LogP contribution in [0.15, 0.2) is 28.7 Å². The van der Waals surface area contributed by atoms with E-state index in [1.807, 2.05) is 6.07 Å². The summed E-state index contributed by atoms with van der Waals surface area (Å²) in [5.41, 5.74) is 7.84. The minimum Gasteiger partial charge on any atom is -0.493 e. The summed E-state index contributed by atoms with van der Waals surface area (Å²) in [5, 5.41) is 0. The monoisotopic (exact) mass is 357 g/mol. The summed E-state index contributed by atoms with van der Waals surface area (Å²) >= 11 is 3.38. The molecule has 0 spiro atoms. The average Bonchev–Trinajstić information content (AvgIpc) is 2.90. The molecule has 0 amide bonds. The fourth-order valence-corrected chi connectivity index (χ4v) is 2.99. The van der Waals surface area contributed by atoms with Crippen LogP contribution in [0.2, 0.25) is 0 Å². The second-order valence-electron chi connectivity index (χ2n) is 4.86. The van der Waals surface area contributed by atoms with Crippen molar-refractivity contribution in [2.75, 3.05) is 6.61 Å². The van der Waals surface area contributed by atoms with Crippen LogP contribution in [0.1, 0.15) is 22.7 Å². The van der Waals surface area contributed by atoms with Gasteiger partial charge in [0, 0.05) is 16.5 Å². The molecule has 6 heteroatoms. The topological polar surface area (TPSA) is 35.2 Å². The predicted octanol–water partition coefficient (Wildman–Crippen LogP) is 3.85. The maximum absolute atomic E-state index is 13.4. The third-order valence-electron chi connectivity index (χ3n) is 3.48. The normalized spacial score (nSPS) is 14.7. The Bertz CT molecular complexity index is 697. The van der Waals surface area contributed by atoms with E-state index in [4.69, 9.17) is 10.5 Å². The van der Waals surface area contributed by atoms with Crippen LogP contribution in [0.25, 0.3) is 0 Å². The van der Waals surface area contributed by atoms with Gasteiger partial charge >= 0.3 is 0 Å². The molecule has 3 rings (SSSR count). The largest absolute Gasteiger partial charge is 0.493 e. The lowest BCUT2D eigenvalue weighted by molar-refractivity contribution is 0.352. The molecule has 1 aliphatic heterocycles. The molecule has 21 heavy (non-hydrogen) atoms. The Kier molecular flexibility index (Phi) is 3.67. The second kappa shape index (κ2) is 5.35. The van der Waals surface area contributed by atoms with Crippen LogP contribution in [0.4, 0.5) is 13.2 Å². The molecular weight excluding hydrogens is 347 g/mol. The number of hydrogen-bond acceptors (Lipinski definition) is 2. The molecule has 2 N–H and O–H groups in total. The van der Waals surface area contributed by atoms with Gasteiger partial charge in [-0.25, -0.2) is 13.2 Å². The highest BCUT2D eigenvalue weighted by Crippen LogP contribution is 2.38. The molecule has 1 aliphatic rings. The summed E-state index contributed by atoms with van der Waals surface area (Å²) in [6, 6.07) is 4.67. The minimum absolute atomic E-state index is 0.155. The highest BCUT2D eigenvalue weighted by molar-refractivity contribution is 9.10. The van der Waals surface area contributed by atoms with Crippen LogP contribution in [-0.2, 0) is 6.42 Å². The fraction of sp³-hybridized carbons (Fsp3) is 0.200. The lowest BCUT2D eigenvalue weighted by atomic mass is 9.96. The summed E-state index contributed by atoms with van der Waals surface area (Å²) in [4.78, 5) is 0. The van der Waals surface area contributed by atoms with Gasteiger partial charge in [0.2, 0.25) is 0 Å². The molecule has 0 saturated heterocycles. The van der Waals surface area contributed by atoms with E-state index in [2.05, 4.69) is 15.9 Å². The van der Waals surface area contributed by atoms with Crippen molar-refractivity contribution in [2.45, 2.75) is 12.5 Å². The first-order chi connectivity index (χ1) is 9.97. The van der Waals surface area contributed by atoms with Gasteiger partial charge in [-0.05, 0) is 35.4 Å². The summed E-state index contributed by atoms with van der Waals surface area (Å²) in [7, 11) is 0. The molecule has 0 saturated carbocycles. The summed E-state index contributed by atoms with van der Waals surface area (Å²) in [6.45, 7) is 0.539. The van der Waals surface area contributed by atoms with E-state index >= 15 is 0 Å². The smallest absolute Gasteiger partial charge is 0.194 e. The molecule has 1 atom stereocenters. The second-order valence-corrected chi connectivity index (χ2v) is 5.77. The number of nitrogens with two attached hydrogens (primary N) is 1. The van der Waals surface area contributed by atoms with Crippen LogP contribution in [-0.4, -0.2) is 6.61 Å². The van der Waals surface area contributed by atoms with Crippen molar-refractivity contribution in [3.8, 4) is 5.75 Å². The zero-order valence-electron chi connectivity index (χ0n) is 10.8. The Morgan fingerprint density at radius 3 is 2.43 bits per heavy atom. The van der Waals surface area contributed by atoms with E-state index in [1.54, 1.807) is 6.07 Å². The fourth-order valence-electron chi connectivity index (χ4n) is 2.46. The average molecular weight is 358 g/mol. The van der Waals surface area contributed by atoms with Crippen molar-refractivity contribution >= 4 is 15.9 Å². The summed E-state index contributed by atoms with van der Waals surface area (Å²) < 4.78 is 46.1. The van der Waals surface area contributed by atoms with Gasteiger partial charge in [-0.2, -0.15) is 0 Å². The molecule has 110 valence electrons. The Morgan fingerprint density at radius 1 is 1.10 bits per heavy atom. The molecule has 0 fully saturated rings. The molecule has 2 nitrogen and oxygen atoms in total. The van der Waals surface area contributed by atoms with Gasteiger partial charge in [0.25, 0.3) is 0 Å². The SMILES string of the molecule is NC(c1cc(F)c(F)c(F)c1)c1cc(Br)cc2c1OCC2. The van der Waals surface area contributed by atoms with Crippen molar-refractivity contribution in [1.29, 1.82) is 0 Å². The zero-order valence-corrected chi connectivity index (χ0v) is 12.4. The number of hydrogen-bond donors (Lipinski definition) is 1. The maximum atomic E-state index is 13.4. The maximum Gasteiger partial charge on any atom is 0.194 e. The highest BCUT2D eigenvalue weighted by atomic mass is 79.9. The quantitative estimate of drug-likeness (QED) is 0.828. The summed E-state index contributed by atoms with van der Waals surface area (Å²) in [6.07, 6.45) is 0.751. The Labute approximate surface area is 127 Å². The van der Waals surface area contributed by atoms with E-state index in [0.717, 1.165) is 28.6 Å². The number of halogens is 4. The van der Waals surface area contributed by atoms with Crippen LogP contribution >= 0.6 is 15.9 Å². The summed E-state index contributed by atoms with van der Waals surface area (Å²) in [5.74, 6) is -3.38. The Balaban J connectivity index is 2.09. The lowest BCUT2D eigenvalue weighted by Crippen LogP contribution is -2.14. The zero-order chi connectivity index (χ0) is 15.1. The van der Waals surface area contributed by atoms with Crippen LogP contribution in [0.3, 0.4) is 0 Å². The van der Waals surface area contributed by atoms with E-state index in [-0.39, 0.29) is 5.56 Å². The van der Waals surface area contributed by atoms with Gasteiger partial charge in [0.1, 0.15) is 5.75 Å². The molecule has 2 aromatic rings. The number of ether oxygens (including phenoxy) is 1. The molecule has 0 aromatic heterocycles. The third kappa shape index (κ3) is 2.53. The van der Waals surface area contributed by atoms with E-state index in [1.165, 1.54) is 0 Å². The predicted molar refractivity (Wildman–Crippen MR) is 75.7 cm³/mol. The molecule has 1 heterocycles. The van der Waals surface area contributed by atoms with Gasteiger partial charge in [0.15, 0.2) is 17.5 Å². The number of benzene rings is 2. The van der Waals surface area contributed by atoms with Crippen molar-refractivity contribution < 1.29 is 17.9 Å². The van der Waals surface area contributed by atoms with E-state index < -0.39 is 23.5 Å². The van der Waals surface area contributed by atoms with Crippen molar-refractivity contribution in [2.24, 2.45) is 5.73 Å². The van der Waals surface area contributed by atoms with Gasteiger partial charge < -0.3 is 10.5 Å². The van der Waals surface area contributed by atoms with Crippen molar-refractivity contribution in [3.05, 3.63) is 62.9 Å². The Morgan fingerprint density at radius 2 is 1.76 bits per heavy atom. The van der Waals surface area contributed by atoms with E-state index in [0.29, 0.717) is 17.9 Å². The van der Waals surface area contributed by atoms with Gasteiger partial charge in [-0.3, -0.25) is 0 Å². The number of rotatable bonds is 2. The molecular formula is C15H11BrF3NO. The lowest BCUT2D eigenvalue weighted by Gasteiger charge is -2.17. The van der Waals surface area contributed by atoms with Crippen molar-refractivity contribution in [1.82, 2.24) is 0 Å². The van der Waals surface area contributed by atoms with Gasteiger partial charge in [-0.1, -0.05) is 15.9 Å². The van der Waals surface area contributed by atoms with Crippen LogP contribution in [0, 0.1) is 17.5 Å².